The van der Waals surface area contributed by atoms with Crippen LogP contribution >= 0.6 is 0 Å². The van der Waals surface area contributed by atoms with Crippen LogP contribution in [0.1, 0.15) is 11.1 Å². The zero-order chi connectivity index (χ0) is 16.9. The Hall–Kier alpha value is -2.53. The Morgan fingerprint density at radius 2 is 2.12 bits per heavy atom. The predicted octanol–water partition coefficient (Wildman–Crippen LogP) is 1.70. The van der Waals surface area contributed by atoms with Crippen LogP contribution in [-0.4, -0.2) is 32.1 Å². The van der Waals surface area contributed by atoms with E-state index >= 15 is 0 Å². The van der Waals surface area contributed by atoms with Gasteiger partial charge in [-0.25, -0.2) is 0 Å². The summed E-state index contributed by atoms with van der Waals surface area (Å²) in [4.78, 5) is 14.4. The molecule has 0 bridgehead atoms. The minimum absolute atomic E-state index is 0.0123. The molecule has 0 aromatic heterocycles. The first-order valence-electron chi connectivity index (χ1n) is 8.14. The number of nitrogens with one attached hydrogen (secondary N) is 1. The molecule has 24 heavy (non-hydrogen) atoms. The van der Waals surface area contributed by atoms with Crippen molar-refractivity contribution in [3.05, 3.63) is 59.7 Å². The monoisotopic (exact) mass is 325 g/mol. The number of para-hydroxylation sites is 1. The Bertz CT molecular complexity index is 717. The van der Waals surface area contributed by atoms with Gasteiger partial charge in [0.1, 0.15) is 5.75 Å². The van der Waals surface area contributed by atoms with Crippen LogP contribution in [0.4, 0.5) is 5.69 Å². The summed E-state index contributed by atoms with van der Waals surface area (Å²) in [5.41, 5.74) is 9.45. The Balaban J connectivity index is 1.61. The maximum absolute atomic E-state index is 12.3. The minimum Gasteiger partial charge on any atom is -0.497 e. The highest BCUT2D eigenvalue weighted by Gasteiger charge is 2.23. The molecule has 3 rings (SSSR count). The van der Waals surface area contributed by atoms with E-state index in [1.54, 1.807) is 7.11 Å². The number of ether oxygens (including phenoxy) is 1. The first-order chi connectivity index (χ1) is 11.7. The number of nitrogens with zero attached hydrogens (tertiary/aromatic N) is 1. The third kappa shape index (κ3) is 3.86. The number of carbonyl (C=O) groups is 1. The van der Waals surface area contributed by atoms with E-state index in [9.17, 15) is 4.79 Å². The second kappa shape index (κ2) is 7.36. The van der Waals surface area contributed by atoms with Crippen LogP contribution in [0.2, 0.25) is 0 Å². The molecule has 1 heterocycles. The smallest absolute Gasteiger partial charge is 0.239 e. The van der Waals surface area contributed by atoms with Crippen LogP contribution in [-0.2, 0) is 17.8 Å². The van der Waals surface area contributed by atoms with Gasteiger partial charge in [0.15, 0.2) is 0 Å². The summed E-state index contributed by atoms with van der Waals surface area (Å²) in [6, 6.07) is 15.9. The van der Waals surface area contributed by atoms with Crippen molar-refractivity contribution in [1.29, 1.82) is 0 Å². The van der Waals surface area contributed by atoms with Crippen molar-refractivity contribution in [1.82, 2.24) is 5.32 Å². The number of nitrogens with two attached hydrogens (primary N) is 1. The van der Waals surface area contributed by atoms with Gasteiger partial charge in [0.05, 0.1) is 13.7 Å². The summed E-state index contributed by atoms with van der Waals surface area (Å²) >= 11 is 0. The molecule has 1 atom stereocenters. The quantitative estimate of drug-likeness (QED) is 0.878. The molecule has 5 heteroatoms. The molecular weight excluding hydrogens is 302 g/mol. The van der Waals surface area contributed by atoms with Gasteiger partial charge in [0, 0.05) is 24.8 Å². The maximum atomic E-state index is 12.3. The lowest BCUT2D eigenvalue weighted by molar-refractivity contribution is -0.119. The summed E-state index contributed by atoms with van der Waals surface area (Å²) in [7, 11) is 1.63. The zero-order valence-corrected chi connectivity index (χ0v) is 13.9. The Labute approximate surface area is 142 Å². The Morgan fingerprint density at radius 3 is 2.96 bits per heavy atom. The Kier molecular flexibility index (Phi) is 5.01. The first kappa shape index (κ1) is 16.3. The summed E-state index contributed by atoms with van der Waals surface area (Å²) in [6.45, 7) is 1.50. The van der Waals surface area contributed by atoms with Crippen molar-refractivity contribution in [2.75, 3.05) is 25.1 Å². The van der Waals surface area contributed by atoms with Crippen molar-refractivity contribution in [2.45, 2.75) is 19.0 Å². The number of carbonyl (C=O) groups excluding carboxylic acids is 1. The van der Waals surface area contributed by atoms with E-state index < -0.39 is 0 Å². The fourth-order valence-corrected chi connectivity index (χ4v) is 3.08. The summed E-state index contributed by atoms with van der Waals surface area (Å²) in [6.07, 6.45) is 0.859. The Morgan fingerprint density at radius 1 is 1.29 bits per heavy atom. The van der Waals surface area contributed by atoms with Gasteiger partial charge < -0.3 is 20.7 Å². The lowest BCUT2D eigenvalue weighted by Gasteiger charge is -2.34. The fourth-order valence-electron chi connectivity index (χ4n) is 3.08. The second-order valence-electron chi connectivity index (χ2n) is 6.10. The number of benzene rings is 2. The molecular formula is C19H23N3O2. The van der Waals surface area contributed by atoms with E-state index in [0.717, 1.165) is 23.4 Å². The van der Waals surface area contributed by atoms with Crippen molar-refractivity contribution in [2.24, 2.45) is 5.73 Å². The van der Waals surface area contributed by atoms with Crippen LogP contribution in [0.25, 0.3) is 0 Å². The number of anilines is 1. The normalized spacial score (nSPS) is 16.4. The van der Waals surface area contributed by atoms with Crippen LogP contribution in [0.5, 0.6) is 5.75 Å². The summed E-state index contributed by atoms with van der Waals surface area (Å²) in [5, 5.41) is 2.97. The molecule has 0 aliphatic carbocycles. The highest BCUT2D eigenvalue weighted by atomic mass is 16.5. The standard InChI is InChI=1S/C19H23N3O2/c1-24-17-7-4-5-14(9-17)11-21-19(23)13-22-12-16(20)10-15-6-2-3-8-18(15)22/h2-9,16H,10-13,20H2,1H3,(H,21,23). The molecule has 0 spiro atoms. The number of hydrogen-bond acceptors (Lipinski definition) is 4. The molecule has 1 aliphatic rings. The van der Waals surface area contributed by atoms with Crippen molar-refractivity contribution >= 4 is 11.6 Å². The van der Waals surface area contributed by atoms with E-state index in [0.29, 0.717) is 19.6 Å². The first-order valence-corrected chi connectivity index (χ1v) is 8.14. The third-order valence-corrected chi connectivity index (χ3v) is 4.23. The van der Waals surface area contributed by atoms with Crippen LogP contribution in [0, 0.1) is 0 Å². The van der Waals surface area contributed by atoms with Gasteiger partial charge in [-0.05, 0) is 35.7 Å². The number of amides is 1. The molecule has 0 fully saturated rings. The highest BCUT2D eigenvalue weighted by Crippen LogP contribution is 2.25. The SMILES string of the molecule is COc1cccc(CNC(=O)CN2CC(N)Cc3ccccc32)c1. The van der Waals surface area contributed by atoms with Gasteiger partial charge in [0.25, 0.3) is 0 Å². The molecule has 5 nitrogen and oxygen atoms in total. The average Bonchev–Trinajstić information content (AvgIpc) is 2.60. The molecule has 126 valence electrons. The molecule has 0 saturated heterocycles. The van der Waals surface area contributed by atoms with Crippen molar-refractivity contribution in [3.63, 3.8) is 0 Å². The molecule has 1 aliphatic heterocycles. The molecule has 0 radical (unpaired) electrons. The number of fused-ring (bicyclic) bond motifs is 1. The van der Waals surface area contributed by atoms with E-state index in [-0.39, 0.29) is 11.9 Å². The lowest BCUT2D eigenvalue weighted by Crippen LogP contribution is -2.47. The third-order valence-electron chi connectivity index (χ3n) is 4.23. The number of methoxy groups -OCH3 is 1. The summed E-state index contributed by atoms with van der Waals surface area (Å²) < 4.78 is 5.20. The van der Waals surface area contributed by atoms with E-state index in [4.69, 9.17) is 10.5 Å². The average molecular weight is 325 g/mol. The highest BCUT2D eigenvalue weighted by molar-refractivity contribution is 5.82. The van der Waals surface area contributed by atoms with Crippen LogP contribution in [0.15, 0.2) is 48.5 Å². The summed E-state index contributed by atoms with van der Waals surface area (Å²) in [5.74, 6) is 0.777. The topological polar surface area (TPSA) is 67.6 Å². The van der Waals surface area contributed by atoms with Gasteiger partial charge in [-0.2, -0.15) is 0 Å². The molecule has 0 saturated carbocycles. The van der Waals surface area contributed by atoms with E-state index in [1.807, 2.05) is 36.4 Å². The predicted molar refractivity (Wildman–Crippen MR) is 95.2 cm³/mol. The van der Waals surface area contributed by atoms with Gasteiger partial charge >= 0.3 is 0 Å². The van der Waals surface area contributed by atoms with Gasteiger partial charge in [-0.15, -0.1) is 0 Å². The van der Waals surface area contributed by atoms with Gasteiger partial charge in [-0.3, -0.25) is 4.79 Å². The molecule has 3 N–H and O–H groups in total. The fraction of sp³-hybridized carbons (Fsp3) is 0.316. The van der Waals surface area contributed by atoms with Crippen LogP contribution in [0.3, 0.4) is 0 Å². The lowest BCUT2D eigenvalue weighted by atomic mass is 9.98. The molecule has 1 unspecified atom stereocenters. The van der Waals surface area contributed by atoms with Crippen LogP contribution < -0.4 is 20.7 Å². The number of rotatable bonds is 5. The van der Waals surface area contributed by atoms with E-state index in [2.05, 4.69) is 22.3 Å². The number of hydrogen-bond donors (Lipinski definition) is 2. The van der Waals surface area contributed by atoms with Crippen molar-refractivity contribution in [3.8, 4) is 5.75 Å². The second-order valence-corrected chi connectivity index (χ2v) is 6.10. The zero-order valence-electron chi connectivity index (χ0n) is 13.9. The molecule has 2 aromatic rings. The van der Waals surface area contributed by atoms with Crippen molar-refractivity contribution < 1.29 is 9.53 Å². The van der Waals surface area contributed by atoms with Gasteiger partial charge in [-0.1, -0.05) is 30.3 Å². The van der Waals surface area contributed by atoms with Gasteiger partial charge in [0.2, 0.25) is 5.91 Å². The molecule has 2 aromatic carbocycles. The molecule has 1 amide bonds. The van der Waals surface area contributed by atoms with E-state index in [1.165, 1.54) is 5.56 Å². The maximum Gasteiger partial charge on any atom is 0.239 e. The minimum atomic E-state index is -0.0123. The largest absolute Gasteiger partial charge is 0.497 e.